The van der Waals surface area contributed by atoms with Gasteiger partial charge in [-0.1, -0.05) is 13.8 Å². The van der Waals surface area contributed by atoms with Crippen LogP contribution in [0.4, 0.5) is 0 Å². The van der Waals surface area contributed by atoms with E-state index in [4.69, 9.17) is 9.47 Å². The van der Waals surface area contributed by atoms with Gasteiger partial charge in [0.1, 0.15) is 0 Å². The molecule has 19 heavy (non-hydrogen) atoms. The smallest absolute Gasteiger partial charge is 0.251 e. The molecule has 2 aliphatic rings. The zero-order valence-electron chi connectivity index (χ0n) is 11.9. The van der Waals surface area contributed by atoms with Gasteiger partial charge in [-0.3, -0.25) is 4.79 Å². The highest BCUT2D eigenvalue weighted by Crippen LogP contribution is 2.39. The van der Waals surface area contributed by atoms with Gasteiger partial charge in [0.15, 0.2) is 6.10 Å². The molecule has 1 saturated carbocycles. The summed E-state index contributed by atoms with van der Waals surface area (Å²) in [5.74, 6) is -0.182. The quantitative estimate of drug-likeness (QED) is 0.798. The van der Waals surface area contributed by atoms with Gasteiger partial charge in [-0.25, -0.2) is 0 Å². The lowest BCUT2D eigenvalue weighted by Gasteiger charge is -2.40. The largest absolute Gasteiger partial charge is 0.388 e. The van der Waals surface area contributed by atoms with Crippen molar-refractivity contribution in [3.05, 3.63) is 0 Å². The van der Waals surface area contributed by atoms with Crippen molar-refractivity contribution in [2.24, 2.45) is 5.41 Å². The number of aliphatic hydroxyl groups is 1. The molecule has 1 aliphatic carbocycles. The Labute approximate surface area is 114 Å². The fourth-order valence-electron chi connectivity index (χ4n) is 2.57. The summed E-state index contributed by atoms with van der Waals surface area (Å²) in [5.41, 5.74) is -0.461. The second-order valence-corrected chi connectivity index (χ2v) is 6.54. The van der Waals surface area contributed by atoms with E-state index in [9.17, 15) is 9.90 Å². The molecule has 0 aromatic heterocycles. The number of nitrogens with one attached hydrogen (secondary N) is 1. The van der Waals surface area contributed by atoms with Crippen molar-refractivity contribution in [1.29, 1.82) is 0 Å². The average Bonchev–Trinajstić information content (AvgIpc) is 2.41. The first-order chi connectivity index (χ1) is 8.90. The highest BCUT2D eigenvalue weighted by atomic mass is 16.6. The molecule has 0 aromatic carbocycles. The van der Waals surface area contributed by atoms with Crippen LogP contribution in [0.25, 0.3) is 0 Å². The zero-order chi connectivity index (χ0) is 13.9. The molecular weight excluding hydrogens is 246 g/mol. The molecule has 2 fully saturated rings. The van der Waals surface area contributed by atoms with Gasteiger partial charge in [0, 0.05) is 6.54 Å². The van der Waals surface area contributed by atoms with Gasteiger partial charge in [0.25, 0.3) is 5.91 Å². The van der Waals surface area contributed by atoms with Crippen molar-refractivity contribution < 1.29 is 19.4 Å². The van der Waals surface area contributed by atoms with Gasteiger partial charge in [0.05, 0.1) is 25.4 Å². The lowest BCUT2D eigenvalue weighted by molar-refractivity contribution is -0.149. The van der Waals surface area contributed by atoms with Gasteiger partial charge in [0.2, 0.25) is 0 Å². The molecule has 5 nitrogen and oxygen atoms in total. The van der Waals surface area contributed by atoms with Crippen LogP contribution < -0.4 is 5.32 Å². The van der Waals surface area contributed by atoms with E-state index in [0.717, 1.165) is 25.7 Å². The van der Waals surface area contributed by atoms with Crippen molar-refractivity contribution in [2.45, 2.75) is 51.2 Å². The molecule has 2 N–H and O–H groups in total. The third-order valence-electron chi connectivity index (χ3n) is 4.23. The average molecular weight is 271 g/mol. The van der Waals surface area contributed by atoms with Gasteiger partial charge in [-0.05, 0) is 31.1 Å². The van der Waals surface area contributed by atoms with Crippen LogP contribution in [0.5, 0.6) is 0 Å². The second kappa shape index (κ2) is 5.77. The molecule has 1 heterocycles. The number of ether oxygens (including phenoxy) is 2. The molecule has 0 bridgehead atoms. The van der Waals surface area contributed by atoms with Crippen molar-refractivity contribution in [3.63, 3.8) is 0 Å². The number of amides is 1. The van der Waals surface area contributed by atoms with Crippen molar-refractivity contribution in [1.82, 2.24) is 5.32 Å². The molecule has 110 valence electrons. The predicted molar refractivity (Wildman–Crippen MR) is 70.8 cm³/mol. The van der Waals surface area contributed by atoms with Crippen molar-refractivity contribution in [3.8, 4) is 0 Å². The molecule has 2 rings (SSSR count). The lowest BCUT2D eigenvalue weighted by Crippen LogP contribution is -2.50. The third kappa shape index (κ3) is 4.16. The van der Waals surface area contributed by atoms with Crippen LogP contribution in [0.1, 0.15) is 39.5 Å². The first kappa shape index (κ1) is 14.8. The molecule has 1 atom stereocenters. The minimum absolute atomic E-state index is 0.182. The summed E-state index contributed by atoms with van der Waals surface area (Å²) in [6, 6.07) is 0. The molecule has 1 unspecified atom stereocenters. The number of carbonyl (C=O) groups is 1. The molecule has 5 heteroatoms. The van der Waals surface area contributed by atoms with Crippen LogP contribution in [0, 0.1) is 5.41 Å². The minimum atomic E-state index is -0.763. The van der Waals surface area contributed by atoms with Crippen molar-refractivity contribution in [2.75, 3.05) is 26.4 Å². The maximum Gasteiger partial charge on any atom is 0.251 e. The topological polar surface area (TPSA) is 67.8 Å². The standard InChI is InChI=1S/C14H25NO4/c1-13(2)3-5-14(17,6-4-13)10-15-12(16)11-9-18-7-8-19-11/h11,17H,3-10H2,1-2H3,(H,15,16). The fraction of sp³-hybridized carbons (Fsp3) is 0.929. The molecule has 1 amide bonds. The highest BCUT2D eigenvalue weighted by Gasteiger charge is 2.37. The molecule has 0 radical (unpaired) electrons. The van der Waals surface area contributed by atoms with Crippen molar-refractivity contribution >= 4 is 5.91 Å². The first-order valence-electron chi connectivity index (χ1n) is 7.10. The number of carbonyl (C=O) groups excluding carboxylic acids is 1. The fourth-order valence-corrected chi connectivity index (χ4v) is 2.57. The van der Waals surface area contributed by atoms with Crippen LogP contribution in [0.2, 0.25) is 0 Å². The van der Waals surface area contributed by atoms with E-state index in [1.807, 2.05) is 0 Å². The van der Waals surface area contributed by atoms with E-state index in [1.54, 1.807) is 0 Å². The molecule has 0 spiro atoms. The van der Waals surface area contributed by atoms with E-state index in [2.05, 4.69) is 19.2 Å². The van der Waals surface area contributed by atoms with Gasteiger partial charge < -0.3 is 19.9 Å². The summed E-state index contributed by atoms with van der Waals surface area (Å²) in [6.07, 6.45) is 2.92. The maximum absolute atomic E-state index is 11.9. The lowest BCUT2D eigenvalue weighted by atomic mass is 9.71. The first-order valence-corrected chi connectivity index (χ1v) is 7.10. The Balaban J connectivity index is 1.76. The Bertz CT molecular complexity index is 313. The zero-order valence-corrected chi connectivity index (χ0v) is 11.9. The summed E-state index contributed by atoms with van der Waals surface area (Å²) >= 11 is 0. The van der Waals surface area contributed by atoms with Crippen LogP contribution in [-0.2, 0) is 14.3 Å². The summed E-state index contributed by atoms with van der Waals surface area (Å²) in [5, 5.41) is 13.3. The van der Waals surface area contributed by atoms with Crippen LogP contribution in [-0.4, -0.2) is 49.1 Å². The summed E-state index contributed by atoms with van der Waals surface area (Å²) in [4.78, 5) is 11.9. The Hall–Kier alpha value is -0.650. The van der Waals surface area contributed by atoms with Gasteiger partial charge in [-0.2, -0.15) is 0 Å². The van der Waals surface area contributed by atoms with E-state index in [0.29, 0.717) is 31.8 Å². The van der Waals surface area contributed by atoms with Crippen LogP contribution >= 0.6 is 0 Å². The molecule has 0 aromatic rings. The predicted octanol–water partition coefficient (Wildman–Crippen LogP) is 0.849. The maximum atomic E-state index is 11.9. The Morgan fingerprint density at radius 3 is 2.53 bits per heavy atom. The number of hydrogen-bond acceptors (Lipinski definition) is 4. The van der Waals surface area contributed by atoms with Gasteiger partial charge >= 0.3 is 0 Å². The second-order valence-electron chi connectivity index (χ2n) is 6.54. The van der Waals surface area contributed by atoms with E-state index < -0.39 is 11.7 Å². The Kier molecular flexibility index (Phi) is 4.48. The van der Waals surface area contributed by atoms with E-state index in [1.165, 1.54) is 0 Å². The van der Waals surface area contributed by atoms with Gasteiger partial charge in [-0.15, -0.1) is 0 Å². The van der Waals surface area contributed by atoms with Crippen LogP contribution in [0.3, 0.4) is 0 Å². The van der Waals surface area contributed by atoms with E-state index >= 15 is 0 Å². The molecule has 1 saturated heterocycles. The third-order valence-corrected chi connectivity index (χ3v) is 4.23. The Morgan fingerprint density at radius 1 is 1.26 bits per heavy atom. The Morgan fingerprint density at radius 2 is 1.95 bits per heavy atom. The number of hydrogen-bond donors (Lipinski definition) is 2. The minimum Gasteiger partial charge on any atom is -0.388 e. The summed E-state index contributed by atoms with van der Waals surface area (Å²) in [6.45, 7) is 6.05. The SMILES string of the molecule is CC1(C)CCC(O)(CNC(=O)C2COCCO2)CC1. The summed E-state index contributed by atoms with van der Waals surface area (Å²) in [7, 11) is 0. The molecule has 1 aliphatic heterocycles. The normalized spacial score (nSPS) is 29.7. The van der Waals surface area contributed by atoms with E-state index in [-0.39, 0.29) is 5.91 Å². The molecular formula is C14H25NO4. The monoisotopic (exact) mass is 271 g/mol. The highest BCUT2D eigenvalue weighted by molar-refractivity contribution is 5.81. The number of rotatable bonds is 3. The van der Waals surface area contributed by atoms with Crippen LogP contribution in [0.15, 0.2) is 0 Å². The summed E-state index contributed by atoms with van der Waals surface area (Å²) < 4.78 is 10.5.